The maximum absolute atomic E-state index is 14.2. The molecule has 1 unspecified atom stereocenters. The Morgan fingerprint density at radius 1 is 0.930 bits per heavy atom. The van der Waals surface area contributed by atoms with Gasteiger partial charge in [0.05, 0.1) is 17.2 Å². The number of amides is 2. The normalized spacial score (nSPS) is 12.1. The van der Waals surface area contributed by atoms with Gasteiger partial charge >= 0.3 is 0 Å². The van der Waals surface area contributed by atoms with Crippen molar-refractivity contribution in [2.75, 3.05) is 24.0 Å². The van der Waals surface area contributed by atoms with Gasteiger partial charge in [0.15, 0.2) is 0 Å². The second-order valence-electron chi connectivity index (χ2n) is 10.5. The van der Waals surface area contributed by atoms with Crippen molar-refractivity contribution in [3.63, 3.8) is 0 Å². The van der Waals surface area contributed by atoms with Crippen LogP contribution in [0.15, 0.2) is 71.6 Å². The number of carbonyl (C=O) groups is 2. The summed E-state index contributed by atoms with van der Waals surface area (Å²) in [6.45, 7) is 9.67. The van der Waals surface area contributed by atoms with Crippen molar-refractivity contribution in [1.29, 1.82) is 0 Å². The van der Waals surface area contributed by atoms with Crippen LogP contribution in [-0.4, -0.2) is 50.9 Å². The molecule has 1 N–H and O–H groups in total. The van der Waals surface area contributed by atoms with Gasteiger partial charge in [0.1, 0.15) is 18.3 Å². The van der Waals surface area contributed by atoms with Gasteiger partial charge in [-0.2, -0.15) is 0 Å². The summed E-state index contributed by atoms with van der Waals surface area (Å²) in [5.41, 5.74) is 1.70. The van der Waals surface area contributed by atoms with Crippen LogP contribution in [0, 0.1) is 12.8 Å². The highest BCUT2D eigenvalue weighted by molar-refractivity contribution is 7.92. The largest absolute Gasteiger partial charge is 0.494 e. The quantitative estimate of drug-likeness (QED) is 0.216. The molecule has 2 amide bonds. The van der Waals surface area contributed by atoms with Crippen molar-refractivity contribution in [2.45, 2.75) is 58.5 Å². The summed E-state index contributed by atoms with van der Waals surface area (Å²) >= 11 is 12.9. The molecule has 3 rings (SSSR count). The first-order valence-corrected chi connectivity index (χ1v) is 16.4. The minimum atomic E-state index is -4.21. The molecule has 0 aliphatic heterocycles. The number of hydrogen-bond acceptors (Lipinski definition) is 5. The zero-order valence-electron chi connectivity index (χ0n) is 25.1. The standard InChI is InChI=1S/C32H39Cl2N3O5S/c1-6-30(32(39)35-19-22(3)4)36(20-27-28(33)9-8-10-29(27)34)31(38)21-37(24-13-11-23(5)12-14-24)43(40,41)26-17-15-25(16-18-26)42-7-2/h8-18,22,30H,6-7,19-21H2,1-5H3,(H,35,39). The van der Waals surface area contributed by atoms with Crippen LogP contribution >= 0.6 is 23.2 Å². The average Bonchev–Trinajstić information content (AvgIpc) is 2.97. The van der Waals surface area contributed by atoms with E-state index in [1.807, 2.05) is 27.7 Å². The fraction of sp³-hybridized carbons (Fsp3) is 0.375. The molecule has 0 aliphatic carbocycles. The van der Waals surface area contributed by atoms with Crippen molar-refractivity contribution >= 4 is 50.7 Å². The zero-order chi connectivity index (χ0) is 31.7. The number of halogens is 2. The summed E-state index contributed by atoms with van der Waals surface area (Å²) in [5.74, 6) is -0.207. The molecule has 8 nitrogen and oxygen atoms in total. The minimum Gasteiger partial charge on any atom is -0.494 e. The number of nitrogens with zero attached hydrogens (tertiary/aromatic N) is 2. The SMILES string of the molecule is CCOc1ccc(S(=O)(=O)N(CC(=O)N(Cc2c(Cl)cccc2Cl)C(CC)C(=O)NCC(C)C)c2ccc(C)cc2)cc1. The van der Waals surface area contributed by atoms with Gasteiger partial charge in [0.25, 0.3) is 10.0 Å². The van der Waals surface area contributed by atoms with E-state index >= 15 is 0 Å². The van der Waals surface area contributed by atoms with E-state index in [2.05, 4.69) is 5.32 Å². The van der Waals surface area contributed by atoms with Gasteiger partial charge in [-0.05, 0) is 74.7 Å². The molecule has 0 bridgehead atoms. The second-order valence-corrected chi connectivity index (χ2v) is 13.2. The van der Waals surface area contributed by atoms with Gasteiger partial charge in [-0.25, -0.2) is 8.42 Å². The summed E-state index contributed by atoms with van der Waals surface area (Å²) in [6.07, 6.45) is 0.286. The van der Waals surface area contributed by atoms with Crippen molar-refractivity contribution in [2.24, 2.45) is 5.92 Å². The second kappa shape index (κ2) is 15.5. The van der Waals surface area contributed by atoms with Gasteiger partial charge in [-0.3, -0.25) is 13.9 Å². The number of sulfonamides is 1. The number of rotatable bonds is 14. The van der Waals surface area contributed by atoms with Crippen molar-refractivity contribution in [3.8, 4) is 5.75 Å². The monoisotopic (exact) mass is 647 g/mol. The highest BCUT2D eigenvalue weighted by atomic mass is 35.5. The third-order valence-electron chi connectivity index (χ3n) is 6.78. The number of nitrogens with one attached hydrogen (secondary N) is 1. The molecule has 0 heterocycles. The third-order valence-corrected chi connectivity index (χ3v) is 9.28. The molecule has 0 aromatic heterocycles. The van der Waals surface area contributed by atoms with E-state index < -0.39 is 28.5 Å². The van der Waals surface area contributed by atoms with Gasteiger partial charge < -0.3 is 15.0 Å². The van der Waals surface area contributed by atoms with Crippen LogP contribution in [0.3, 0.4) is 0 Å². The number of aryl methyl sites for hydroxylation is 1. The van der Waals surface area contributed by atoms with Crippen LogP contribution in [0.5, 0.6) is 5.75 Å². The lowest BCUT2D eigenvalue weighted by Gasteiger charge is -2.33. The summed E-state index contributed by atoms with van der Waals surface area (Å²) in [4.78, 5) is 28.9. The molecule has 0 saturated heterocycles. The van der Waals surface area contributed by atoms with Gasteiger partial charge in [-0.1, -0.05) is 67.7 Å². The average molecular weight is 649 g/mol. The summed E-state index contributed by atoms with van der Waals surface area (Å²) in [5, 5.41) is 3.57. The maximum atomic E-state index is 14.2. The van der Waals surface area contributed by atoms with Crippen molar-refractivity contribution in [3.05, 3.63) is 87.9 Å². The topological polar surface area (TPSA) is 96.0 Å². The number of carbonyl (C=O) groups excluding carboxylic acids is 2. The van der Waals surface area contributed by atoms with Crippen LogP contribution in [0.4, 0.5) is 5.69 Å². The molecule has 0 aliphatic rings. The smallest absolute Gasteiger partial charge is 0.264 e. The molecule has 43 heavy (non-hydrogen) atoms. The Bertz CT molecular complexity index is 1480. The molecular weight excluding hydrogens is 609 g/mol. The lowest BCUT2D eigenvalue weighted by molar-refractivity contribution is -0.140. The van der Waals surface area contributed by atoms with E-state index in [1.165, 1.54) is 17.0 Å². The number of hydrogen-bond donors (Lipinski definition) is 1. The van der Waals surface area contributed by atoms with E-state index in [9.17, 15) is 18.0 Å². The molecule has 0 saturated carbocycles. The molecular formula is C32H39Cl2N3O5S. The van der Waals surface area contributed by atoms with E-state index in [0.717, 1.165) is 9.87 Å². The van der Waals surface area contributed by atoms with Gasteiger partial charge in [0.2, 0.25) is 11.8 Å². The number of benzene rings is 3. The van der Waals surface area contributed by atoms with E-state index in [-0.39, 0.29) is 29.7 Å². The Hall–Kier alpha value is -3.27. The molecule has 1 atom stereocenters. The lowest BCUT2D eigenvalue weighted by atomic mass is 10.1. The van der Waals surface area contributed by atoms with Crippen LogP contribution in [0.25, 0.3) is 0 Å². The highest BCUT2D eigenvalue weighted by Crippen LogP contribution is 2.29. The van der Waals surface area contributed by atoms with Gasteiger partial charge in [-0.15, -0.1) is 0 Å². The first-order chi connectivity index (χ1) is 20.4. The van der Waals surface area contributed by atoms with Crippen LogP contribution in [-0.2, 0) is 26.2 Å². The Balaban J connectivity index is 2.07. The van der Waals surface area contributed by atoms with Crippen LogP contribution < -0.4 is 14.4 Å². The number of anilines is 1. The summed E-state index contributed by atoms with van der Waals surface area (Å²) in [7, 11) is -4.21. The summed E-state index contributed by atoms with van der Waals surface area (Å²) < 4.78 is 34.6. The van der Waals surface area contributed by atoms with Crippen molar-refractivity contribution in [1.82, 2.24) is 10.2 Å². The Labute approximate surface area is 265 Å². The molecule has 3 aromatic carbocycles. The minimum absolute atomic E-state index is 0.00764. The Morgan fingerprint density at radius 3 is 2.07 bits per heavy atom. The molecule has 0 radical (unpaired) electrons. The molecule has 11 heteroatoms. The van der Waals surface area contributed by atoms with Gasteiger partial charge in [0, 0.05) is 28.7 Å². The summed E-state index contributed by atoms with van der Waals surface area (Å²) in [6, 6.07) is 17.0. The lowest BCUT2D eigenvalue weighted by Crippen LogP contribution is -2.52. The fourth-order valence-corrected chi connectivity index (χ4v) is 6.37. The van der Waals surface area contributed by atoms with E-state index in [0.29, 0.717) is 40.2 Å². The predicted molar refractivity (Wildman–Crippen MR) is 172 cm³/mol. The first kappa shape index (κ1) is 34.2. The number of ether oxygens (including phenoxy) is 1. The first-order valence-electron chi connectivity index (χ1n) is 14.2. The maximum Gasteiger partial charge on any atom is 0.264 e. The van der Waals surface area contributed by atoms with E-state index in [4.69, 9.17) is 27.9 Å². The molecule has 232 valence electrons. The predicted octanol–water partition coefficient (Wildman–Crippen LogP) is 6.48. The Kier molecular flexibility index (Phi) is 12.3. The zero-order valence-corrected chi connectivity index (χ0v) is 27.5. The van der Waals surface area contributed by atoms with Crippen LogP contribution in [0.1, 0.15) is 45.2 Å². The Morgan fingerprint density at radius 2 is 1.53 bits per heavy atom. The third kappa shape index (κ3) is 8.87. The fourth-order valence-electron chi connectivity index (χ4n) is 4.44. The highest BCUT2D eigenvalue weighted by Gasteiger charge is 2.34. The van der Waals surface area contributed by atoms with E-state index in [1.54, 1.807) is 61.5 Å². The van der Waals surface area contributed by atoms with Crippen LogP contribution in [0.2, 0.25) is 10.0 Å². The van der Waals surface area contributed by atoms with Crippen molar-refractivity contribution < 1.29 is 22.7 Å². The molecule has 3 aromatic rings. The molecule has 0 spiro atoms. The molecule has 0 fully saturated rings.